The van der Waals surface area contributed by atoms with Crippen molar-refractivity contribution in [1.82, 2.24) is 10.2 Å². The van der Waals surface area contributed by atoms with E-state index in [9.17, 15) is 14.4 Å². The summed E-state index contributed by atoms with van der Waals surface area (Å²) in [6, 6.07) is -1.39. The number of piperidine rings is 1. The third-order valence-electron chi connectivity index (χ3n) is 2.91. The van der Waals surface area contributed by atoms with Gasteiger partial charge in [-0.25, -0.2) is 4.79 Å². The number of halogens is 1. The van der Waals surface area contributed by atoms with Crippen LogP contribution in [0.15, 0.2) is 0 Å². The Morgan fingerprint density at radius 2 is 2.18 bits per heavy atom. The molecule has 94 valence electrons. The van der Waals surface area contributed by atoms with Crippen LogP contribution < -0.4 is 5.32 Å². The second-order valence-corrected chi connectivity index (χ2v) is 5.52. The predicted octanol–water partition coefficient (Wildman–Crippen LogP) is 0.452. The van der Waals surface area contributed by atoms with Gasteiger partial charge in [-0.05, 0) is 24.4 Å². The number of thioether (sulfide) groups is 1. The zero-order chi connectivity index (χ0) is 12.6. The number of amides is 2. The molecule has 2 rings (SSSR count). The van der Waals surface area contributed by atoms with Gasteiger partial charge in [0.1, 0.15) is 12.1 Å². The summed E-state index contributed by atoms with van der Waals surface area (Å²) in [5.41, 5.74) is 0. The average Bonchev–Trinajstić information content (AvgIpc) is 2.66. The minimum atomic E-state index is -1.23. The summed E-state index contributed by atoms with van der Waals surface area (Å²) < 4.78 is 0. The van der Waals surface area contributed by atoms with Gasteiger partial charge in [-0.3, -0.25) is 9.59 Å². The summed E-state index contributed by atoms with van der Waals surface area (Å²) in [6.45, 7) is 0. The molecule has 1 unspecified atom stereocenters. The molecule has 0 radical (unpaired) electrons. The lowest BCUT2D eigenvalue weighted by Crippen LogP contribution is -2.57. The van der Waals surface area contributed by atoms with E-state index < -0.39 is 23.4 Å². The van der Waals surface area contributed by atoms with Gasteiger partial charge in [-0.2, -0.15) is 0 Å². The molecule has 0 bridgehead atoms. The van der Waals surface area contributed by atoms with Gasteiger partial charge in [-0.15, -0.1) is 11.8 Å². The van der Waals surface area contributed by atoms with Crippen molar-refractivity contribution in [3.8, 4) is 0 Å². The summed E-state index contributed by atoms with van der Waals surface area (Å²) in [7, 11) is 0. The van der Waals surface area contributed by atoms with E-state index in [1.54, 1.807) is 0 Å². The molecule has 0 spiro atoms. The lowest BCUT2D eigenvalue weighted by Gasteiger charge is -2.35. The van der Waals surface area contributed by atoms with Crippen LogP contribution in [0.1, 0.15) is 12.8 Å². The molecule has 2 fully saturated rings. The number of rotatable bonds is 2. The Morgan fingerprint density at radius 3 is 2.76 bits per heavy atom. The Kier molecular flexibility index (Phi) is 3.48. The zero-order valence-electron chi connectivity index (χ0n) is 8.76. The van der Waals surface area contributed by atoms with Crippen LogP contribution in [0.4, 0.5) is 4.79 Å². The van der Waals surface area contributed by atoms with Crippen LogP contribution in [-0.4, -0.2) is 50.5 Å². The number of hydrogen-bond acceptors (Lipinski definition) is 4. The van der Waals surface area contributed by atoms with Gasteiger partial charge in [0, 0.05) is 5.75 Å². The first-order valence-corrected chi connectivity index (χ1v) is 6.56. The molecule has 0 aliphatic carbocycles. The van der Waals surface area contributed by atoms with Crippen LogP contribution in [0, 0.1) is 0 Å². The molecule has 0 aromatic carbocycles. The van der Waals surface area contributed by atoms with Crippen LogP contribution in [0.5, 0.6) is 0 Å². The second kappa shape index (κ2) is 4.73. The van der Waals surface area contributed by atoms with Crippen LogP contribution in [0.3, 0.4) is 0 Å². The van der Waals surface area contributed by atoms with Crippen molar-refractivity contribution in [3.63, 3.8) is 0 Å². The van der Waals surface area contributed by atoms with E-state index in [1.807, 2.05) is 0 Å². The van der Waals surface area contributed by atoms with Gasteiger partial charge in [0.25, 0.3) is 0 Å². The average molecular weight is 279 g/mol. The smallest absolute Gasteiger partial charge is 0.405 e. The highest BCUT2D eigenvalue weighted by atomic mass is 35.5. The molecule has 2 aliphatic rings. The van der Waals surface area contributed by atoms with Gasteiger partial charge in [0.2, 0.25) is 11.1 Å². The van der Waals surface area contributed by atoms with E-state index in [-0.39, 0.29) is 11.3 Å². The van der Waals surface area contributed by atoms with Crippen molar-refractivity contribution in [2.45, 2.75) is 30.3 Å². The molecule has 2 aliphatic heterocycles. The second-order valence-electron chi connectivity index (χ2n) is 3.93. The van der Waals surface area contributed by atoms with Crippen molar-refractivity contribution in [2.24, 2.45) is 0 Å². The first kappa shape index (κ1) is 12.5. The number of carboxylic acid groups (broad SMARTS) is 1. The van der Waals surface area contributed by atoms with E-state index in [4.69, 9.17) is 16.7 Å². The molecule has 2 amide bonds. The van der Waals surface area contributed by atoms with Crippen molar-refractivity contribution in [1.29, 1.82) is 0 Å². The Bertz CT molecular complexity index is 378. The molecule has 2 saturated heterocycles. The number of hydrogen-bond donors (Lipinski definition) is 2. The van der Waals surface area contributed by atoms with E-state index in [1.165, 1.54) is 16.7 Å². The topological polar surface area (TPSA) is 86.7 Å². The minimum absolute atomic E-state index is 0.0537. The highest BCUT2D eigenvalue weighted by Crippen LogP contribution is 2.37. The largest absolute Gasteiger partial charge is 0.465 e. The molecule has 0 aromatic heterocycles. The first-order valence-electron chi connectivity index (χ1n) is 5.13. The summed E-state index contributed by atoms with van der Waals surface area (Å²) in [6.07, 6.45) is -0.104. The summed E-state index contributed by atoms with van der Waals surface area (Å²) in [5.74, 6) is 0.131. The molecule has 8 heteroatoms. The Hall–Kier alpha value is -0.950. The monoisotopic (exact) mass is 278 g/mol. The molecule has 17 heavy (non-hydrogen) atoms. The van der Waals surface area contributed by atoms with Crippen molar-refractivity contribution in [2.75, 3.05) is 5.75 Å². The lowest BCUT2D eigenvalue weighted by molar-refractivity contribution is -0.141. The van der Waals surface area contributed by atoms with Crippen molar-refractivity contribution < 1.29 is 19.5 Å². The van der Waals surface area contributed by atoms with Gasteiger partial charge in [0.05, 0.1) is 5.37 Å². The number of nitrogens with zero attached hydrogens (tertiary/aromatic N) is 1. The van der Waals surface area contributed by atoms with E-state index in [2.05, 4.69) is 5.32 Å². The zero-order valence-corrected chi connectivity index (χ0v) is 10.3. The summed E-state index contributed by atoms with van der Waals surface area (Å²) in [5, 5.41) is 10.2. The number of carbonyl (C=O) groups is 3. The van der Waals surface area contributed by atoms with E-state index in [0.717, 1.165) is 0 Å². The van der Waals surface area contributed by atoms with Gasteiger partial charge in [0.15, 0.2) is 0 Å². The maximum Gasteiger partial charge on any atom is 0.405 e. The van der Waals surface area contributed by atoms with Crippen LogP contribution in [0.25, 0.3) is 0 Å². The highest BCUT2D eigenvalue weighted by Gasteiger charge is 2.46. The number of carbonyl (C=O) groups excluding carboxylic acids is 2. The number of nitrogens with one attached hydrogen (secondary N) is 1. The molecule has 0 saturated carbocycles. The third-order valence-corrected chi connectivity index (χ3v) is 4.51. The Morgan fingerprint density at radius 1 is 1.47 bits per heavy atom. The normalized spacial score (nSPS) is 32.2. The fraction of sp³-hybridized carbons (Fsp3) is 0.667. The quantitative estimate of drug-likeness (QED) is 0.716. The SMILES string of the molecule is O=C(O)N[C@H]1CCC2SC[C@@H](C(=O)Cl)N2C1=O. The fourth-order valence-corrected chi connectivity index (χ4v) is 3.86. The first-order chi connectivity index (χ1) is 8.00. The Labute approximate surface area is 107 Å². The minimum Gasteiger partial charge on any atom is -0.465 e. The maximum atomic E-state index is 12.0. The van der Waals surface area contributed by atoms with Crippen LogP contribution in [-0.2, 0) is 9.59 Å². The van der Waals surface area contributed by atoms with Gasteiger partial charge < -0.3 is 15.3 Å². The molecule has 3 atom stereocenters. The van der Waals surface area contributed by atoms with Crippen molar-refractivity contribution in [3.05, 3.63) is 0 Å². The van der Waals surface area contributed by atoms with Crippen LogP contribution in [0.2, 0.25) is 0 Å². The van der Waals surface area contributed by atoms with Gasteiger partial charge in [-0.1, -0.05) is 0 Å². The van der Waals surface area contributed by atoms with Gasteiger partial charge >= 0.3 is 6.09 Å². The fourth-order valence-electron chi connectivity index (χ4n) is 2.15. The molecular formula is C9H11ClN2O4S. The number of fused-ring (bicyclic) bond motifs is 1. The summed E-state index contributed by atoms with van der Waals surface area (Å²) in [4.78, 5) is 35.2. The molecule has 2 heterocycles. The van der Waals surface area contributed by atoms with Crippen LogP contribution >= 0.6 is 23.4 Å². The lowest BCUT2D eigenvalue weighted by atomic mass is 10.0. The van der Waals surface area contributed by atoms with Crippen molar-refractivity contribution >= 4 is 40.6 Å². The Balaban J connectivity index is 2.13. The highest BCUT2D eigenvalue weighted by molar-refractivity contribution is 8.00. The van der Waals surface area contributed by atoms with E-state index >= 15 is 0 Å². The predicted molar refractivity (Wildman–Crippen MR) is 61.9 cm³/mol. The van der Waals surface area contributed by atoms with E-state index in [0.29, 0.717) is 18.6 Å². The molecule has 2 N–H and O–H groups in total. The molecular weight excluding hydrogens is 268 g/mol. The maximum absolute atomic E-state index is 12.0. The molecule has 0 aromatic rings. The third kappa shape index (κ3) is 2.35. The molecule has 6 nitrogen and oxygen atoms in total. The standard InChI is InChI=1S/C9H11ClN2O4S/c10-7(13)5-3-17-6-2-1-4(11-9(15)16)8(14)12(5)6/h4-6,11H,1-3H2,(H,15,16)/t4-,5-,6?/m0/s1. The summed E-state index contributed by atoms with van der Waals surface area (Å²) >= 11 is 6.95.